The fourth-order valence-electron chi connectivity index (χ4n) is 4.16. The van der Waals surface area contributed by atoms with E-state index in [2.05, 4.69) is 24.0 Å². The second kappa shape index (κ2) is 8.57. The summed E-state index contributed by atoms with van der Waals surface area (Å²) in [6, 6.07) is 12.2. The Morgan fingerprint density at radius 3 is 2.59 bits per heavy atom. The Morgan fingerprint density at radius 2 is 1.86 bits per heavy atom. The van der Waals surface area contributed by atoms with Gasteiger partial charge in [0.2, 0.25) is 0 Å². The largest absolute Gasteiger partial charge is 0.448 e. The summed E-state index contributed by atoms with van der Waals surface area (Å²) in [4.78, 5) is 31.4. The lowest BCUT2D eigenvalue weighted by molar-refractivity contribution is -0.140. The molecule has 0 radical (unpaired) electrons. The van der Waals surface area contributed by atoms with Crippen molar-refractivity contribution in [1.29, 1.82) is 0 Å². The Balaban J connectivity index is 1.31. The number of esters is 1. The zero-order valence-electron chi connectivity index (χ0n) is 17.1. The normalized spacial score (nSPS) is 20.1. The smallest absolute Gasteiger partial charge is 0.349 e. The van der Waals surface area contributed by atoms with Crippen molar-refractivity contribution >= 4 is 28.9 Å². The highest BCUT2D eigenvalue weighted by Gasteiger charge is 2.29. The van der Waals surface area contributed by atoms with Crippen molar-refractivity contribution in [3.63, 3.8) is 0 Å². The number of nitrogens with zero attached hydrogens (tertiary/aromatic N) is 2. The summed E-state index contributed by atoms with van der Waals surface area (Å²) < 4.78 is 5.53. The molecule has 0 bridgehead atoms. The van der Waals surface area contributed by atoms with Crippen LogP contribution in [0, 0.1) is 5.92 Å². The van der Waals surface area contributed by atoms with Crippen LogP contribution in [0.2, 0.25) is 0 Å². The molecule has 1 amide bonds. The van der Waals surface area contributed by atoms with Gasteiger partial charge in [-0.3, -0.25) is 4.79 Å². The summed E-state index contributed by atoms with van der Waals surface area (Å²) in [5, 5.41) is 0. The molecule has 2 aliphatic rings. The molecule has 2 atom stereocenters. The predicted molar refractivity (Wildman–Crippen MR) is 116 cm³/mol. The standard InChI is InChI=1S/C23H28N2O3S/c1-16-8-9-20-18(14-16)15-21(29-20)23(27)28-17(2)22(26)25-12-10-24(11-13-25)19-6-4-3-5-7-19/h3-7,15-17H,8-14H2,1-2H3/t16-,17-/m1/s1. The minimum absolute atomic E-state index is 0.110. The second-order valence-corrected chi connectivity index (χ2v) is 9.24. The molecule has 5 nitrogen and oxygen atoms in total. The van der Waals surface area contributed by atoms with E-state index in [1.165, 1.54) is 33.9 Å². The average molecular weight is 413 g/mol. The van der Waals surface area contributed by atoms with E-state index in [0.29, 0.717) is 23.9 Å². The lowest BCUT2D eigenvalue weighted by atomic mass is 9.90. The fourth-order valence-corrected chi connectivity index (χ4v) is 5.25. The van der Waals surface area contributed by atoms with Crippen molar-refractivity contribution in [2.75, 3.05) is 31.1 Å². The summed E-state index contributed by atoms with van der Waals surface area (Å²) >= 11 is 1.53. The highest BCUT2D eigenvalue weighted by atomic mass is 32.1. The third-order valence-electron chi connectivity index (χ3n) is 5.87. The number of thiophene rings is 1. The van der Waals surface area contributed by atoms with Crippen molar-refractivity contribution < 1.29 is 14.3 Å². The zero-order valence-corrected chi connectivity index (χ0v) is 17.9. The fraction of sp³-hybridized carbons (Fsp3) is 0.478. The van der Waals surface area contributed by atoms with E-state index in [4.69, 9.17) is 4.74 Å². The van der Waals surface area contributed by atoms with Gasteiger partial charge in [-0.1, -0.05) is 25.1 Å². The van der Waals surface area contributed by atoms with Crippen LogP contribution in [-0.4, -0.2) is 49.1 Å². The number of carbonyl (C=O) groups excluding carboxylic acids is 2. The van der Waals surface area contributed by atoms with Gasteiger partial charge in [0.15, 0.2) is 6.10 Å². The Bertz CT molecular complexity index is 872. The molecule has 1 aromatic heterocycles. The number of amides is 1. The minimum Gasteiger partial charge on any atom is -0.448 e. The number of fused-ring (bicyclic) bond motifs is 1. The van der Waals surface area contributed by atoms with Gasteiger partial charge >= 0.3 is 5.97 Å². The number of anilines is 1. The van der Waals surface area contributed by atoms with E-state index in [9.17, 15) is 9.59 Å². The first-order valence-corrected chi connectivity index (χ1v) is 11.2. The van der Waals surface area contributed by atoms with Crippen molar-refractivity contribution in [1.82, 2.24) is 4.90 Å². The van der Waals surface area contributed by atoms with Crippen LogP contribution < -0.4 is 4.90 Å². The maximum absolute atomic E-state index is 12.8. The molecule has 2 heterocycles. The van der Waals surface area contributed by atoms with Gasteiger partial charge in [-0.15, -0.1) is 11.3 Å². The summed E-state index contributed by atoms with van der Waals surface area (Å²) in [6.45, 7) is 6.77. The van der Waals surface area contributed by atoms with Crippen molar-refractivity contribution in [2.24, 2.45) is 5.92 Å². The Hall–Kier alpha value is -2.34. The molecule has 0 unspecified atom stereocenters. The van der Waals surface area contributed by atoms with Gasteiger partial charge in [0.25, 0.3) is 5.91 Å². The molecule has 29 heavy (non-hydrogen) atoms. The van der Waals surface area contributed by atoms with E-state index < -0.39 is 6.10 Å². The molecule has 1 aliphatic heterocycles. The molecular weight excluding hydrogens is 384 g/mol. The third-order valence-corrected chi connectivity index (χ3v) is 7.09. The summed E-state index contributed by atoms with van der Waals surface area (Å²) in [5.74, 6) is 0.179. The van der Waals surface area contributed by atoms with Crippen LogP contribution in [0.3, 0.4) is 0 Å². The number of rotatable bonds is 4. The zero-order chi connectivity index (χ0) is 20.4. The van der Waals surface area contributed by atoms with E-state index in [0.717, 1.165) is 25.9 Å². The Labute approximate surface area is 176 Å². The maximum Gasteiger partial charge on any atom is 0.349 e. The lowest BCUT2D eigenvalue weighted by Crippen LogP contribution is -2.51. The third kappa shape index (κ3) is 4.47. The molecule has 2 aromatic rings. The van der Waals surface area contributed by atoms with E-state index >= 15 is 0 Å². The van der Waals surface area contributed by atoms with Crippen LogP contribution >= 0.6 is 11.3 Å². The van der Waals surface area contributed by atoms with Gasteiger partial charge in [-0.05, 0) is 55.9 Å². The van der Waals surface area contributed by atoms with E-state index in [1.807, 2.05) is 24.3 Å². The van der Waals surface area contributed by atoms with Crippen LogP contribution in [0.1, 0.15) is 40.4 Å². The summed E-state index contributed by atoms with van der Waals surface area (Å²) in [5.41, 5.74) is 2.45. The van der Waals surface area contributed by atoms with E-state index in [1.54, 1.807) is 11.8 Å². The Morgan fingerprint density at radius 1 is 1.14 bits per heavy atom. The van der Waals surface area contributed by atoms with Gasteiger partial charge in [-0.2, -0.15) is 0 Å². The molecule has 1 aliphatic carbocycles. The minimum atomic E-state index is -0.760. The van der Waals surface area contributed by atoms with Crippen molar-refractivity contribution in [3.8, 4) is 0 Å². The van der Waals surface area contributed by atoms with Crippen LogP contribution in [0.15, 0.2) is 36.4 Å². The van der Waals surface area contributed by atoms with Crippen LogP contribution in [0.25, 0.3) is 0 Å². The van der Waals surface area contributed by atoms with Crippen LogP contribution in [-0.2, 0) is 22.4 Å². The molecule has 1 fully saturated rings. The number of benzene rings is 1. The van der Waals surface area contributed by atoms with Gasteiger partial charge < -0.3 is 14.5 Å². The van der Waals surface area contributed by atoms with Gasteiger partial charge in [-0.25, -0.2) is 4.79 Å². The monoisotopic (exact) mass is 412 g/mol. The maximum atomic E-state index is 12.8. The lowest BCUT2D eigenvalue weighted by Gasteiger charge is -2.37. The predicted octanol–water partition coefficient (Wildman–Crippen LogP) is 3.77. The molecule has 0 N–H and O–H groups in total. The second-order valence-electron chi connectivity index (χ2n) is 8.10. The molecule has 154 valence electrons. The van der Waals surface area contributed by atoms with Crippen molar-refractivity contribution in [2.45, 2.75) is 39.2 Å². The number of carbonyl (C=O) groups is 2. The number of hydrogen-bond acceptors (Lipinski definition) is 5. The first-order chi connectivity index (χ1) is 14.0. The summed E-state index contributed by atoms with van der Waals surface area (Å²) in [7, 11) is 0. The SMILES string of the molecule is C[C@@H]1CCc2sc(C(=O)O[C@H](C)C(=O)N3CCN(c4ccccc4)CC3)cc2C1. The number of ether oxygens (including phenoxy) is 1. The summed E-state index contributed by atoms with van der Waals surface area (Å²) in [6.07, 6.45) is 2.48. The average Bonchev–Trinajstić information content (AvgIpc) is 3.17. The van der Waals surface area contributed by atoms with Gasteiger partial charge in [0.05, 0.1) is 0 Å². The van der Waals surface area contributed by atoms with Gasteiger partial charge in [0.1, 0.15) is 4.88 Å². The quantitative estimate of drug-likeness (QED) is 0.718. The number of para-hydroxylation sites is 1. The molecular formula is C23H28N2O3S. The topological polar surface area (TPSA) is 49.9 Å². The highest BCUT2D eigenvalue weighted by Crippen LogP contribution is 2.32. The van der Waals surface area contributed by atoms with Gasteiger partial charge in [0, 0.05) is 36.7 Å². The molecule has 1 aromatic carbocycles. The number of aryl methyl sites for hydroxylation is 1. The van der Waals surface area contributed by atoms with E-state index in [-0.39, 0.29) is 11.9 Å². The number of piperazine rings is 1. The molecule has 4 rings (SSSR count). The van der Waals surface area contributed by atoms with Crippen LogP contribution in [0.4, 0.5) is 5.69 Å². The molecule has 0 spiro atoms. The molecule has 0 saturated carbocycles. The Kier molecular flexibility index (Phi) is 5.90. The molecule has 6 heteroatoms. The highest BCUT2D eigenvalue weighted by molar-refractivity contribution is 7.14. The van der Waals surface area contributed by atoms with Crippen molar-refractivity contribution in [3.05, 3.63) is 51.7 Å². The first kappa shape index (κ1) is 20.0. The number of hydrogen-bond donors (Lipinski definition) is 0. The van der Waals surface area contributed by atoms with Crippen LogP contribution in [0.5, 0.6) is 0 Å². The first-order valence-electron chi connectivity index (χ1n) is 10.4. The molecule has 1 saturated heterocycles.